The van der Waals surface area contributed by atoms with E-state index in [2.05, 4.69) is 5.32 Å². The van der Waals surface area contributed by atoms with Gasteiger partial charge in [0.25, 0.3) is 5.91 Å². The van der Waals surface area contributed by atoms with Gasteiger partial charge in [-0.2, -0.15) is 0 Å². The Labute approximate surface area is 117 Å². The smallest absolute Gasteiger partial charge is 0.256 e. The first-order chi connectivity index (χ1) is 9.13. The van der Waals surface area contributed by atoms with Crippen molar-refractivity contribution >= 4 is 17.5 Å². The van der Waals surface area contributed by atoms with E-state index in [0.29, 0.717) is 6.54 Å². The van der Waals surface area contributed by atoms with Gasteiger partial charge in [-0.25, -0.2) is 4.39 Å². The van der Waals surface area contributed by atoms with Crippen molar-refractivity contribution in [2.75, 3.05) is 6.54 Å². The lowest BCUT2D eigenvalue weighted by atomic mass is 9.84. The largest absolute Gasteiger partial charge is 0.349 e. The van der Waals surface area contributed by atoms with Crippen LogP contribution in [0, 0.1) is 11.7 Å². The van der Waals surface area contributed by atoms with Crippen LogP contribution in [0.4, 0.5) is 4.39 Å². The summed E-state index contributed by atoms with van der Waals surface area (Å²) in [5, 5.41) is 3.01. The van der Waals surface area contributed by atoms with Gasteiger partial charge in [0.05, 0.1) is 10.6 Å². The van der Waals surface area contributed by atoms with E-state index < -0.39 is 11.7 Å². The van der Waals surface area contributed by atoms with Gasteiger partial charge in [-0.1, -0.05) is 30.5 Å². The minimum atomic E-state index is -0.592. The van der Waals surface area contributed by atoms with Crippen molar-refractivity contribution in [1.82, 2.24) is 5.32 Å². The number of nitrogens with one attached hydrogen (secondary N) is 1. The van der Waals surface area contributed by atoms with Crippen molar-refractivity contribution in [2.45, 2.75) is 31.7 Å². The van der Waals surface area contributed by atoms with Gasteiger partial charge >= 0.3 is 0 Å². The van der Waals surface area contributed by atoms with Crippen LogP contribution in [0.15, 0.2) is 18.2 Å². The number of carbonyl (C=O) groups is 1. The third kappa shape index (κ3) is 3.25. The van der Waals surface area contributed by atoms with Gasteiger partial charge in [-0.3, -0.25) is 4.79 Å². The summed E-state index contributed by atoms with van der Waals surface area (Å²) in [6.45, 7) is 0.538. The molecule has 0 saturated heterocycles. The molecule has 0 aliphatic heterocycles. The van der Waals surface area contributed by atoms with Crippen LogP contribution >= 0.6 is 11.6 Å². The molecule has 3 nitrogen and oxygen atoms in total. The van der Waals surface area contributed by atoms with Crippen molar-refractivity contribution in [3.05, 3.63) is 34.6 Å². The first-order valence-corrected chi connectivity index (χ1v) is 6.96. The fourth-order valence-electron chi connectivity index (χ4n) is 2.64. The Balaban J connectivity index is 2.12. The first-order valence-electron chi connectivity index (χ1n) is 6.58. The van der Waals surface area contributed by atoms with Gasteiger partial charge in [-0.15, -0.1) is 0 Å². The Kier molecular flexibility index (Phi) is 4.77. The minimum absolute atomic E-state index is 0.0157. The Bertz CT molecular complexity index is 447. The number of hydrogen-bond acceptors (Lipinski definition) is 2. The highest BCUT2D eigenvalue weighted by atomic mass is 35.5. The molecule has 0 bridgehead atoms. The summed E-state index contributed by atoms with van der Waals surface area (Å²) in [6, 6.07) is 4.25. The lowest BCUT2D eigenvalue weighted by Gasteiger charge is -2.31. The Hall–Kier alpha value is -1.13. The number of halogens is 2. The summed E-state index contributed by atoms with van der Waals surface area (Å²) in [4.78, 5) is 12.1. The summed E-state index contributed by atoms with van der Waals surface area (Å²) in [5.41, 5.74) is 5.64. The summed E-state index contributed by atoms with van der Waals surface area (Å²) in [7, 11) is 0. The SMILES string of the molecule is NCC1CCCCC1NC(=O)c1c(F)cccc1Cl. The van der Waals surface area contributed by atoms with E-state index in [0.717, 1.165) is 25.7 Å². The highest BCUT2D eigenvalue weighted by Crippen LogP contribution is 2.25. The van der Waals surface area contributed by atoms with Gasteiger partial charge in [0, 0.05) is 6.04 Å². The fraction of sp³-hybridized carbons (Fsp3) is 0.500. The molecule has 0 radical (unpaired) electrons. The highest BCUT2D eigenvalue weighted by molar-refractivity contribution is 6.33. The number of nitrogens with two attached hydrogens (primary N) is 1. The molecular weight excluding hydrogens is 267 g/mol. The zero-order valence-electron chi connectivity index (χ0n) is 10.7. The second-order valence-corrected chi connectivity index (χ2v) is 5.36. The minimum Gasteiger partial charge on any atom is -0.349 e. The third-order valence-corrected chi connectivity index (χ3v) is 4.03. The summed E-state index contributed by atoms with van der Waals surface area (Å²) in [5.74, 6) is -0.776. The first kappa shape index (κ1) is 14.3. The van der Waals surface area contributed by atoms with Crippen LogP contribution in [0.3, 0.4) is 0 Å². The molecule has 2 rings (SSSR count). The predicted octanol–water partition coefficient (Wildman–Crippen LogP) is 2.73. The monoisotopic (exact) mass is 284 g/mol. The number of carbonyl (C=O) groups excluding carboxylic acids is 1. The molecule has 0 aromatic heterocycles. The van der Waals surface area contributed by atoms with Crippen LogP contribution in [0.25, 0.3) is 0 Å². The summed E-state index contributed by atoms with van der Waals surface area (Å²) >= 11 is 5.89. The second-order valence-electron chi connectivity index (χ2n) is 4.96. The molecule has 0 spiro atoms. The Morgan fingerprint density at radius 3 is 2.84 bits per heavy atom. The van der Waals surface area contributed by atoms with E-state index in [-0.39, 0.29) is 22.5 Å². The standard InChI is InChI=1S/C14H18ClFN2O/c15-10-5-3-6-11(16)13(10)14(19)18-12-7-2-1-4-9(12)8-17/h3,5-6,9,12H,1-2,4,7-8,17H2,(H,18,19). The van der Waals surface area contributed by atoms with E-state index in [4.69, 9.17) is 17.3 Å². The van der Waals surface area contributed by atoms with E-state index in [9.17, 15) is 9.18 Å². The van der Waals surface area contributed by atoms with Crippen LogP contribution in [-0.2, 0) is 0 Å². The topological polar surface area (TPSA) is 55.1 Å². The molecule has 0 heterocycles. The zero-order chi connectivity index (χ0) is 13.8. The van der Waals surface area contributed by atoms with Crippen molar-refractivity contribution in [2.24, 2.45) is 11.7 Å². The molecule has 1 aliphatic rings. The van der Waals surface area contributed by atoms with Crippen LogP contribution in [0.1, 0.15) is 36.0 Å². The van der Waals surface area contributed by atoms with Crippen LogP contribution < -0.4 is 11.1 Å². The van der Waals surface area contributed by atoms with Gasteiger partial charge < -0.3 is 11.1 Å². The van der Waals surface area contributed by atoms with E-state index >= 15 is 0 Å². The molecule has 2 atom stereocenters. The summed E-state index contributed by atoms with van der Waals surface area (Å²) < 4.78 is 13.7. The number of hydrogen-bond donors (Lipinski definition) is 2. The van der Waals surface area contributed by atoms with Crippen molar-refractivity contribution in [3.63, 3.8) is 0 Å². The Morgan fingerprint density at radius 1 is 1.42 bits per heavy atom. The normalized spacial score (nSPS) is 23.1. The number of benzene rings is 1. The van der Waals surface area contributed by atoms with Crippen LogP contribution in [-0.4, -0.2) is 18.5 Å². The molecule has 1 amide bonds. The molecule has 1 aromatic carbocycles. The quantitative estimate of drug-likeness (QED) is 0.897. The molecule has 104 valence electrons. The molecule has 5 heteroatoms. The maximum absolute atomic E-state index is 13.7. The van der Waals surface area contributed by atoms with Gasteiger partial charge in [0.15, 0.2) is 0 Å². The van der Waals surface area contributed by atoms with Crippen molar-refractivity contribution in [1.29, 1.82) is 0 Å². The fourth-order valence-corrected chi connectivity index (χ4v) is 2.88. The molecule has 2 unspecified atom stereocenters. The zero-order valence-corrected chi connectivity index (χ0v) is 11.4. The highest BCUT2D eigenvalue weighted by Gasteiger charge is 2.27. The average molecular weight is 285 g/mol. The lowest BCUT2D eigenvalue weighted by molar-refractivity contribution is 0.0904. The molecule has 1 aromatic rings. The maximum Gasteiger partial charge on any atom is 0.256 e. The average Bonchev–Trinajstić information content (AvgIpc) is 2.39. The van der Waals surface area contributed by atoms with Gasteiger partial charge in [0.2, 0.25) is 0 Å². The molecular formula is C14H18ClFN2O. The second kappa shape index (κ2) is 6.35. The third-order valence-electron chi connectivity index (χ3n) is 3.72. The predicted molar refractivity (Wildman–Crippen MR) is 73.7 cm³/mol. The molecule has 19 heavy (non-hydrogen) atoms. The van der Waals surface area contributed by atoms with Crippen molar-refractivity contribution in [3.8, 4) is 0 Å². The summed E-state index contributed by atoms with van der Waals surface area (Å²) in [6.07, 6.45) is 4.09. The lowest BCUT2D eigenvalue weighted by Crippen LogP contribution is -2.45. The van der Waals surface area contributed by atoms with Gasteiger partial charge in [-0.05, 0) is 37.4 Å². The van der Waals surface area contributed by atoms with Crippen LogP contribution in [0.2, 0.25) is 5.02 Å². The van der Waals surface area contributed by atoms with Gasteiger partial charge in [0.1, 0.15) is 5.82 Å². The number of rotatable bonds is 3. The molecule has 1 fully saturated rings. The van der Waals surface area contributed by atoms with E-state index in [1.807, 2.05) is 0 Å². The van der Waals surface area contributed by atoms with E-state index in [1.54, 1.807) is 0 Å². The van der Waals surface area contributed by atoms with E-state index in [1.165, 1.54) is 18.2 Å². The Morgan fingerprint density at radius 2 is 2.16 bits per heavy atom. The molecule has 1 aliphatic carbocycles. The maximum atomic E-state index is 13.7. The molecule has 1 saturated carbocycles. The number of amides is 1. The van der Waals surface area contributed by atoms with Crippen molar-refractivity contribution < 1.29 is 9.18 Å². The molecule has 3 N–H and O–H groups in total. The van der Waals surface area contributed by atoms with Crippen LogP contribution in [0.5, 0.6) is 0 Å².